The Balaban J connectivity index is 2.33. The van der Waals surface area contributed by atoms with Crippen molar-refractivity contribution in [3.8, 4) is 6.07 Å². The van der Waals surface area contributed by atoms with Crippen molar-refractivity contribution >= 4 is 17.1 Å². The van der Waals surface area contributed by atoms with Crippen molar-refractivity contribution in [2.75, 3.05) is 0 Å². The van der Waals surface area contributed by atoms with Crippen LogP contribution in [0, 0.1) is 25.2 Å². The number of aromatic nitrogens is 1. The molecule has 0 spiro atoms. The van der Waals surface area contributed by atoms with E-state index in [2.05, 4.69) is 24.9 Å². The monoisotopic (exact) mass is 298 g/mol. The van der Waals surface area contributed by atoms with Gasteiger partial charge in [-0.3, -0.25) is 4.79 Å². The molecule has 0 aliphatic heterocycles. The van der Waals surface area contributed by atoms with E-state index < -0.39 is 5.92 Å². The van der Waals surface area contributed by atoms with E-state index in [1.54, 1.807) is 0 Å². The van der Waals surface area contributed by atoms with Crippen LogP contribution in [-0.2, 0) is 0 Å². The van der Waals surface area contributed by atoms with Gasteiger partial charge in [0.05, 0.1) is 21.6 Å². The van der Waals surface area contributed by atoms with Crippen LogP contribution in [0.25, 0.3) is 0 Å². The number of Topliss-reactive ketones (excluding diaryl/α,β-unsaturated/α-hetero) is 1. The Hall–Kier alpha value is -1.99. The lowest BCUT2D eigenvalue weighted by atomic mass is 9.92. The number of thiazole rings is 1. The number of ketones is 1. The van der Waals surface area contributed by atoms with E-state index in [1.165, 1.54) is 16.9 Å². The standard InChI is InChI=1S/C17H18N2OS/c1-10(2)13-5-7-14(8-6-13)15(9-18)16(20)17-11(3)19-12(4)21-17/h5-8,10,15H,1-4H3. The van der Waals surface area contributed by atoms with Gasteiger partial charge >= 0.3 is 0 Å². The number of benzene rings is 1. The molecule has 108 valence electrons. The van der Waals surface area contributed by atoms with Gasteiger partial charge < -0.3 is 0 Å². The van der Waals surface area contributed by atoms with Crippen molar-refractivity contribution in [2.45, 2.75) is 39.5 Å². The van der Waals surface area contributed by atoms with E-state index >= 15 is 0 Å². The average molecular weight is 298 g/mol. The van der Waals surface area contributed by atoms with Crippen LogP contribution in [-0.4, -0.2) is 10.8 Å². The largest absolute Gasteiger partial charge is 0.291 e. The van der Waals surface area contributed by atoms with E-state index in [9.17, 15) is 10.1 Å². The van der Waals surface area contributed by atoms with Crippen LogP contribution in [0.5, 0.6) is 0 Å². The zero-order chi connectivity index (χ0) is 15.6. The van der Waals surface area contributed by atoms with Crippen molar-refractivity contribution in [1.82, 2.24) is 4.98 Å². The van der Waals surface area contributed by atoms with Crippen LogP contribution in [0.3, 0.4) is 0 Å². The van der Waals surface area contributed by atoms with Crippen molar-refractivity contribution in [1.29, 1.82) is 5.26 Å². The minimum atomic E-state index is -0.759. The third kappa shape index (κ3) is 3.20. The van der Waals surface area contributed by atoms with Crippen molar-refractivity contribution in [2.24, 2.45) is 0 Å². The number of nitriles is 1. The molecule has 2 aromatic rings. The number of carbonyl (C=O) groups excluding carboxylic acids is 1. The highest BCUT2D eigenvalue weighted by molar-refractivity contribution is 7.13. The molecule has 1 heterocycles. The molecule has 0 aliphatic rings. The zero-order valence-corrected chi connectivity index (χ0v) is 13.5. The van der Waals surface area contributed by atoms with Crippen LogP contribution >= 0.6 is 11.3 Å². The summed E-state index contributed by atoms with van der Waals surface area (Å²) in [6, 6.07) is 9.87. The number of hydrogen-bond acceptors (Lipinski definition) is 4. The van der Waals surface area contributed by atoms with E-state index in [-0.39, 0.29) is 5.78 Å². The second kappa shape index (κ2) is 6.19. The fraction of sp³-hybridized carbons (Fsp3) is 0.353. The van der Waals surface area contributed by atoms with Gasteiger partial charge in [0.15, 0.2) is 5.78 Å². The summed E-state index contributed by atoms with van der Waals surface area (Å²) in [4.78, 5) is 17.4. The molecule has 2 rings (SSSR count). The fourth-order valence-corrected chi connectivity index (χ4v) is 3.14. The highest BCUT2D eigenvalue weighted by Gasteiger charge is 2.25. The molecule has 0 saturated heterocycles. The highest BCUT2D eigenvalue weighted by atomic mass is 32.1. The summed E-state index contributed by atoms with van der Waals surface area (Å²) in [5.41, 5.74) is 2.66. The molecule has 0 aliphatic carbocycles. The summed E-state index contributed by atoms with van der Waals surface area (Å²) in [6.07, 6.45) is 0. The van der Waals surface area contributed by atoms with Gasteiger partial charge in [-0.1, -0.05) is 38.1 Å². The molecule has 0 fully saturated rings. The summed E-state index contributed by atoms with van der Waals surface area (Å²) in [6.45, 7) is 7.91. The number of hydrogen-bond donors (Lipinski definition) is 0. The van der Waals surface area contributed by atoms with Gasteiger partial charge in [0.1, 0.15) is 5.92 Å². The van der Waals surface area contributed by atoms with Crippen LogP contribution in [0.2, 0.25) is 0 Å². The first-order chi connectivity index (χ1) is 9.93. The normalized spacial score (nSPS) is 12.2. The molecule has 0 saturated carbocycles. The van der Waals surface area contributed by atoms with Gasteiger partial charge in [0.25, 0.3) is 0 Å². The molecule has 0 N–H and O–H groups in total. The topological polar surface area (TPSA) is 53.8 Å². The number of carbonyl (C=O) groups is 1. The minimum Gasteiger partial charge on any atom is -0.291 e. The summed E-state index contributed by atoms with van der Waals surface area (Å²) >= 11 is 1.36. The maximum Gasteiger partial charge on any atom is 0.196 e. The SMILES string of the molecule is Cc1nc(C)c(C(=O)C(C#N)c2ccc(C(C)C)cc2)s1. The molecule has 1 unspecified atom stereocenters. The van der Waals surface area contributed by atoms with Gasteiger partial charge in [-0.25, -0.2) is 4.98 Å². The molecule has 0 bridgehead atoms. The summed E-state index contributed by atoms with van der Waals surface area (Å²) in [5.74, 6) is -0.482. The highest BCUT2D eigenvalue weighted by Crippen LogP contribution is 2.27. The van der Waals surface area contributed by atoms with E-state index in [0.29, 0.717) is 16.5 Å². The Morgan fingerprint density at radius 3 is 2.19 bits per heavy atom. The number of aryl methyl sites for hydroxylation is 2. The molecular weight excluding hydrogens is 280 g/mol. The van der Waals surface area contributed by atoms with Gasteiger partial charge in [0, 0.05) is 0 Å². The number of rotatable bonds is 4. The Bertz CT molecular complexity index is 693. The van der Waals surface area contributed by atoms with Crippen molar-refractivity contribution < 1.29 is 4.79 Å². The van der Waals surface area contributed by atoms with Gasteiger partial charge in [-0.15, -0.1) is 11.3 Å². The summed E-state index contributed by atoms with van der Waals surface area (Å²) in [5, 5.41) is 10.3. The zero-order valence-electron chi connectivity index (χ0n) is 12.7. The van der Waals surface area contributed by atoms with Crippen LogP contribution in [0.15, 0.2) is 24.3 Å². The van der Waals surface area contributed by atoms with Gasteiger partial charge in [-0.05, 0) is 30.9 Å². The third-order valence-electron chi connectivity index (χ3n) is 3.46. The predicted molar refractivity (Wildman–Crippen MR) is 84.8 cm³/mol. The summed E-state index contributed by atoms with van der Waals surface area (Å²) in [7, 11) is 0. The second-order valence-corrected chi connectivity index (χ2v) is 6.60. The Kier molecular flexibility index (Phi) is 4.54. The molecule has 0 radical (unpaired) electrons. The smallest absolute Gasteiger partial charge is 0.196 e. The fourth-order valence-electron chi connectivity index (χ4n) is 2.25. The lowest BCUT2D eigenvalue weighted by molar-refractivity contribution is 0.0982. The molecule has 1 atom stereocenters. The maximum absolute atomic E-state index is 12.6. The Morgan fingerprint density at radius 1 is 1.19 bits per heavy atom. The molecular formula is C17H18N2OS. The van der Waals surface area contributed by atoms with Gasteiger partial charge in [0.2, 0.25) is 0 Å². The van der Waals surface area contributed by atoms with Crippen molar-refractivity contribution in [3.05, 3.63) is 51.0 Å². The molecule has 0 amide bonds. The molecule has 4 heteroatoms. The van der Waals surface area contributed by atoms with Crippen molar-refractivity contribution in [3.63, 3.8) is 0 Å². The molecule has 21 heavy (non-hydrogen) atoms. The Labute approximate surface area is 129 Å². The molecule has 3 nitrogen and oxygen atoms in total. The first kappa shape index (κ1) is 15.4. The first-order valence-electron chi connectivity index (χ1n) is 6.91. The van der Waals surface area contributed by atoms with E-state index in [4.69, 9.17) is 0 Å². The quantitative estimate of drug-likeness (QED) is 0.787. The van der Waals surface area contributed by atoms with Gasteiger partial charge in [-0.2, -0.15) is 5.26 Å². The van der Waals surface area contributed by atoms with E-state index in [1.807, 2.05) is 38.1 Å². The molecule has 1 aromatic heterocycles. The second-order valence-electron chi connectivity index (χ2n) is 5.40. The minimum absolute atomic E-state index is 0.155. The Morgan fingerprint density at radius 2 is 1.76 bits per heavy atom. The third-order valence-corrected chi connectivity index (χ3v) is 4.54. The van der Waals surface area contributed by atoms with E-state index in [0.717, 1.165) is 10.6 Å². The maximum atomic E-state index is 12.6. The average Bonchev–Trinajstić information content (AvgIpc) is 2.79. The predicted octanol–water partition coefficient (Wildman–Crippen LogP) is 4.37. The first-order valence-corrected chi connectivity index (χ1v) is 7.73. The molecule has 1 aromatic carbocycles. The lowest BCUT2D eigenvalue weighted by Gasteiger charge is -2.10. The lowest BCUT2D eigenvalue weighted by Crippen LogP contribution is -2.11. The number of nitrogens with zero attached hydrogens (tertiary/aromatic N) is 2. The van der Waals surface area contributed by atoms with Crippen LogP contribution in [0.1, 0.15) is 57.2 Å². The van der Waals surface area contributed by atoms with Crippen LogP contribution in [0.4, 0.5) is 0 Å². The summed E-state index contributed by atoms with van der Waals surface area (Å²) < 4.78 is 0. The van der Waals surface area contributed by atoms with Crippen LogP contribution < -0.4 is 0 Å².